The molecule has 0 aliphatic heterocycles. The van der Waals surface area contributed by atoms with E-state index >= 15 is 0 Å². The summed E-state index contributed by atoms with van der Waals surface area (Å²) in [4.78, 5) is 17.5. The van der Waals surface area contributed by atoms with E-state index in [1.807, 2.05) is 62.4 Å². The van der Waals surface area contributed by atoms with Crippen molar-refractivity contribution in [3.63, 3.8) is 0 Å². The molecule has 0 aliphatic rings. The Kier molecular flexibility index (Phi) is 6.81. The van der Waals surface area contributed by atoms with Crippen LogP contribution in [0.5, 0.6) is 0 Å². The van der Waals surface area contributed by atoms with Crippen LogP contribution >= 0.6 is 11.3 Å². The number of benzene rings is 2. The number of nitrogens with one attached hydrogen (secondary N) is 1. The van der Waals surface area contributed by atoms with E-state index in [-0.39, 0.29) is 16.3 Å². The second-order valence-electron chi connectivity index (χ2n) is 7.92. The maximum absolute atomic E-state index is 13.9. The summed E-state index contributed by atoms with van der Waals surface area (Å²) in [6, 6.07) is 20.2. The van der Waals surface area contributed by atoms with Crippen LogP contribution in [0.3, 0.4) is 0 Å². The van der Waals surface area contributed by atoms with Crippen LogP contribution in [0, 0.1) is 13.8 Å². The van der Waals surface area contributed by atoms with Gasteiger partial charge in [0.2, 0.25) is 0 Å². The van der Waals surface area contributed by atoms with Gasteiger partial charge in [-0.2, -0.15) is 0 Å². The van der Waals surface area contributed by atoms with Crippen LogP contribution < -0.4 is 9.62 Å². The Morgan fingerprint density at radius 1 is 1.00 bits per heavy atom. The van der Waals surface area contributed by atoms with Crippen molar-refractivity contribution in [1.29, 1.82) is 0 Å². The lowest BCUT2D eigenvalue weighted by Gasteiger charge is -2.22. The zero-order valence-corrected chi connectivity index (χ0v) is 20.8. The Labute approximate surface area is 204 Å². The average molecular weight is 492 g/mol. The van der Waals surface area contributed by atoms with Gasteiger partial charge in [-0.3, -0.25) is 14.1 Å². The highest BCUT2D eigenvalue weighted by Crippen LogP contribution is 2.38. The summed E-state index contributed by atoms with van der Waals surface area (Å²) in [6.07, 6.45) is 1.65. The molecule has 2 heterocycles. The Morgan fingerprint density at radius 2 is 1.74 bits per heavy atom. The molecule has 1 N–H and O–H groups in total. The zero-order valence-electron chi connectivity index (χ0n) is 19.1. The lowest BCUT2D eigenvalue weighted by atomic mass is 10.1. The van der Waals surface area contributed by atoms with Gasteiger partial charge in [0.05, 0.1) is 17.9 Å². The molecule has 0 fully saturated rings. The van der Waals surface area contributed by atoms with E-state index in [0.717, 1.165) is 28.0 Å². The first-order valence-electron chi connectivity index (χ1n) is 10.7. The van der Waals surface area contributed by atoms with Crippen molar-refractivity contribution >= 4 is 33.0 Å². The first-order valence-corrected chi connectivity index (χ1v) is 13.0. The lowest BCUT2D eigenvalue weighted by Crippen LogP contribution is -2.30. The fourth-order valence-electron chi connectivity index (χ4n) is 3.53. The zero-order chi connectivity index (χ0) is 24.3. The highest BCUT2D eigenvalue weighted by molar-refractivity contribution is 7.93. The van der Waals surface area contributed by atoms with Crippen molar-refractivity contribution in [1.82, 2.24) is 10.3 Å². The van der Waals surface area contributed by atoms with Crippen LogP contribution in [0.1, 0.15) is 26.5 Å². The van der Waals surface area contributed by atoms with Gasteiger partial charge < -0.3 is 5.32 Å². The monoisotopic (exact) mass is 491 g/mol. The highest BCUT2D eigenvalue weighted by Gasteiger charge is 2.32. The Morgan fingerprint density at radius 3 is 2.41 bits per heavy atom. The number of pyridine rings is 1. The van der Waals surface area contributed by atoms with Gasteiger partial charge in [-0.05, 0) is 54.8 Å². The fraction of sp³-hybridized carbons (Fsp3) is 0.154. The summed E-state index contributed by atoms with van der Waals surface area (Å²) in [5.41, 5.74) is 4.52. The molecule has 0 unspecified atom stereocenters. The Bertz CT molecular complexity index is 1420. The summed E-state index contributed by atoms with van der Waals surface area (Å²) < 4.78 is 29.1. The van der Waals surface area contributed by atoms with E-state index in [0.29, 0.717) is 16.9 Å². The molecule has 4 aromatic rings. The number of thiophene rings is 1. The van der Waals surface area contributed by atoms with E-state index in [2.05, 4.69) is 10.3 Å². The SMILES string of the molecule is Cc1ccc(N(C)S(=O)(=O)c2c(-c3ccccc3)csc2C(=O)NCc2ccccn2)cc1C. The molecule has 0 atom stereocenters. The molecule has 2 aromatic carbocycles. The Balaban J connectivity index is 1.77. The van der Waals surface area contributed by atoms with Crippen molar-refractivity contribution < 1.29 is 13.2 Å². The van der Waals surface area contributed by atoms with Crippen LogP contribution in [-0.4, -0.2) is 26.4 Å². The summed E-state index contributed by atoms with van der Waals surface area (Å²) in [5, 5.41) is 4.54. The van der Waals surface area contributed by atoms with Gasteiger partial charge in [0.25, 0.3) is 15.9 Å². The van der Waals surface area contributed by atoms with E-state index < -0.39 is 15.9 Å². The predicted molar refractivity (Wildman–Crippen MR) is 137 cm³/mol. The summed E-state index contributed by atoms with van der Waals surface area (Å²) in [5.74, 6) is -0.454. The summed E-state index contributed by atoms with van der Waals surface area (Å²) in [6.45, 7) is 4.12. The molecule has 0 bridgehead atoms. The van der Waals surface area contributed by atoms with Gasteiger partial charge in [-0.15, -0.1) is 11.3 Å². The highest BCUT2D eigenvalue weighted by atomic mass is 32.2. The molecule has 8 heteroatoms. The number of aryl methyl sites for hydroxylation is 2. The molecule has 174 valence electrons. The van der Waals surface area contributed by atoms with Gasteiger partial charge in [0.1, 0.15) is 9.77 Å². The predicted octanol–water partition coefficient (Wildman–Crippen LogP) is 5.18. The molecule has 0 spiro atoms. The first-order chi connectivity index (χ1) is 16.3. The molecule has 0 aliphatic carbocycles. The third kappa shape index (κ3) is 4.73. The van der Waals surface area contributed by atoms with E-state index in [9.17, 15) is 13.2 Å². The molecule has 6 nitrogen and oxygen atoms in total. The second kappa shape index (κ2) is 9.79. The third-order valence-electron chi connectivity index (χ3n) is 5.67. The normalized spacial score (nSPS) is 11.3. The van der Waals surface area contributed by atoms with Crippen LogP contribution in [0.25, 0.3) is 11.1 Å². The Hall–Kier alpha value is -3.49. The van der Waals surface area contributed by atoms with Gasteiger partial charge >= 0.3 is 0 Å². The van der Waals surface area contributed by atoms with Gasteiger partial charge in [0.15, 0.2) is 0 Å². The first kappa shape index (κ1) is 23.7. The largest absolute Gasteiger partial charge is 0.346 e. The number of amides is 1. The number of sulfonamides is 1. The van der Waals surface area contributed by atoms with Crippen LogP contribution in [0.4, 0.5) is 5.69 Å². The van der Waals surface area contributed by atoms with E-state index in [1.54, 1.807) is 29.8 Å². The number of rotatable bonds is 7. The van der Waals surface area contributed by atoms with Crippen molar-refractivity contribution in [2.24, 2.45) is 0 Å². The molecular formula is C26H25N3O3S2. The van der Waals surface area contributed by atoms with Crippen molar-refractivity contribution in [2.75, 3.05) is 11.4 Å². The number of aromatic nitrogens is 1. The van der Waals surface area contributed by atoms with E-state index in [1.165, 1.54) is 11.4 Å². The molecule has 4 rings (SSSR count). The van der Waals surface area contributed by atoms with Crippen molar-refractivity contribution in [2.45, 2.75) is 25.3 Å². The molecule has 34 heavy (non-hydrogen) atoms. The van der Waals surface area contributed by atoms with Gasteiger partial charge in [-0.1, -0.05) is 42.5 Å². The maximum Gasteiger partial charge on any atom is 0.266 e. The van der Waals surface area contributed by atoms with Crippen LogP contribution in [0.15, 0.2) is 83.2 Å². The second-order valence-corrected chi connectivity index (χ2v) is 10.7. The molecule has 0 saturated heterocycles. The topological polar surface area (TPSA) is 79.4 Å². The van der Waals surface area contributed by atoms with E-state index in [4.69, 9.17) is 0 Å². The molecule has 2 aromatic heterocycles. The minimum absolute atomic E-state index is 0.00273. The minimum Gasteiger partial charge on any atom is -0.346 e. The van der Waals surface area contributed by atoms with Gasteiger partial charge in [0, 0.05) is 24.2 Å². The van der Waals surface area contributed by atoms with Crippen LogP contribution in [0.2, 0.25) is 0 Å². The number of hydrogen-bond donors (Lipinski definition) is 1. The summed E-state index contributed by atoms with van der Waals surface area (Å²) in [7, 11) is -2.53. The number of hydrogen-bond acceptors (Lipinski definition) is 5. The number of carbonyl (C=O) groups is 1. The minimum atomic E-state index is -4.05. The van der Waals surface area contributed by atoms with Crippen molar-refractivity contribution in [3.05, 3.63) is 100 Å². The number of nitrogens with zero attached hydrogens (tertiary/aromatic N) is 2. The fourth-order valence-corrected chi connectivity index (χ4v) is 6.40. The smallest absolute Gasteiger partial charge is 0.266 e. The van der Waals surface area contributed by atoms with Crippen molar-refractivity contribution in [3.8, 4) is 11.1 Å². The maximum atomic E-state index is 13.9. The lowest BCUT2D eigenvalue weighted by molar-refractivity contribution is 0.0951. The van der Waals surface area contributed by atoms with Gasteiger partial charge in [-0.25, -0.2) is 8.42 Å². The number of anilines is 1. The number of carbonyl (C=O) groups excluding carboxylic acids is 1. The molecular weight excluding hydrogens is 466 g/mol. The molecule has 1 amide bonds. The summed E-state index contributed by atoms with van der Waals surface area (Å²) >= 11 is 1.12. The average Bonchev–Trinajstić information content (AvgIpc) is 3.31. The third-order valence-corrected chi connectivity index (χ3v) is 8.65. The quantitative estimate of drug-likeness (QED) is 0.386. The molecule has 0 radical (unpaired) electrons. The molecule has 0 saturated carbocycles. The standard InChI is InChI=1S/C26H25N3O3S2/c1-18-12-13-22(15-19(18)2)29(3)34(31,32)25-23(20-9-5-4-6-10-20)17-33-24(25)26(30)28-16-21-11-7-8-14-27-21/h4-15,17H,16H2,1-3H3,(H,28,30). The van der Waals surface area contributed by atoms with Crippen LogP contribution in [-0.2, 0) is 16.6 Å².